The average Bonchev–Trinajstić information content (AvgIpc) is 3.46. The van der Waals surface area contributed by atoms with Gasteiger partial charge in [0.05, 0.1) is 19.3 Å². The molecular formula is C33H49N5O4. The smallest absolute Gasteiger partial charge is 0.155 e. The molecule has 230 valence electrons. The van der Waals surface area contributed by atoms with Crippen LogP contribution in [-0.4, -0.2) is 74.6 Å². The molecule has 2 aliphatic rings. The Morgan fingerprint density at radius 1 is 1.10 bits per heavy atom. The highest BCUT2D eigenvalue weighted by Gasteiger charge is 2.35. The Morgan fingerprint density at radius 3 is 2.40 bits per heavy atom. The number of hydrogen-bond donors (Lipinski definition) is 3. The van der Waals surface area contributed by atoms with E-state index in [1.807, 2.05) is 31.3 Å². The van der Waals surface area contributed by atoms with Crippen molar-refractivity contribution in [3.8, 4) is 5.75 Å². The fourth-order valence-electron chi connectivity index (χ4n) is 6.38. The number of carbonyl (C=O) groups excluding carboxylic acids is 1. The number of hydrogen-bond acceptors (Lipinski definition) is 9. The Hall–Kier alpha value is -2.79. The van der Waals surface area contributed by atoms with Gasteiger partial charge in [-0.25, -0.2) is 0 Å². The molecule has 0 bridgehead atoms. The molecule has 1 aliphatic carbocycles. The number of likely N-dealkylation sites (N-methyl/N-ethyl adjacent to an activating group) is 1. The summed E-state index contributed by atoms with van der Waals surface area (Å²) < 4.78 is 5.40. The third-order valence-corrected chi connectivity index (χ3v) is 8.84. The van der Waals surface area contributed by atoms with Gasteiger partial charge in [-0.2, -0.15) is 10.4 Å². The highest BCUT2D eigenvalue weighted by molar-refractivity contribution is 5.59. The summed E-state index contributed by atoms with van der Waals surface area (Å²) in [6.45, 7) is 14.3. The van der Waals surface area contributed by atoms with Crippen molar-refractivity contribution in [1.29, 1.82) is 0 Å². The number of benzene rings is 2. The summed E-state index contributed by atoms with van der Waals surface area (Å²) in [6.07, 6.45) is 4.90. The van der Waals surface area contributed by atoms with Crippen LogP contribution in [0.15, 0.2) is 60.8 Å². The van der Waals surface area contributed by atoms with Crippen molar-refractivity contribution < 1.29 is 19.3 Å². The number of aldehydes is 1. The Morgan fingerprint density at radius 2 is 1.76 bits per heavy atom. The first-order valence-corrected chi connectivity index (χ1v) is 15.4. The molecule has 1 fully saturated rings. The third kappa shape index (κ3) is 8.40. The molecule has 4 rings (SSSR count). The first kappa shape index (κ1) is 32.1. The topological polar surface area (TPSA) is 87.3 Å². The number of carbonyl (C=O) groups is 1. The molecule has 1 heterocycles. The van der Waals surface area contributed by atoms with Crippen LogP contribution in [-0.2, 0) is 33.9 Å². The van der Waals surface area contributed by atoms with E-state index < -0.39 is 0 Å². The van der Waals surface area contributed by atoms with Crippen molar-refractivity contribution in [1.82, 2.24) is 26.2 Å². The number of nitrogens with zero attached hydrogens (tertiary/aromatic N) is 2. The average molecular weight is 580 g/mol. The minimum atomic E-state index is -0.300. The lowest BCUT2D eigenvalue weighted by molar-refractivity contribution is -0.157. The van der Waals surface area contributed by atoms with E-state index in [4.69, 9.17) is 14.5 Å². The second-order valence-electron chi connectivity index (χ2n) is 11.3. The van der Waals surface area contributed by atoms with Gasteiger partial charge in [0, 0.05) is 50.0 Å². The maximum atomic E-state index is 12.7. The molecular weight excluding hydrogens is 530 g/mol. The summed E-state index contributed by atoms with van der Waals surface area (Å²) in [6, 6.07) is 16.2. The van der Waals surface area contributed by atoms with Crippen LogP contribution in [0.25, 0.3) is 0 Å². The quantitative estimate of drug-likeness (QED) is 0.139. The van der Waals surface area contributed by atoms with E-state index in [1.54, 1.807) is 0 Å². The lowest BCUT2D eigenvalue weighted by atomic mass is 9.89. The third-order valence-electron chi connectivity index (χ3n) is 8.84. The number of rotatable bonds is 18. The molecule has 0 amide bonds. The minimum Gasteiger partial charge on any atom is -0.381 e. The molecule has 3 N–H and O–H groups in total. The van der Waals surface area contributed by atoms with E-state index in [0.29, 0.717) is 24.8 Å². The van der Waals surface area contributed by atoms with Gasteiger partial charge in [-0.3, -0.25) is 4.90 Å². The summed E-state index contributed by atoms with van der Waals surface area (Å²) in [7, 11) is 1.99. The molecule has 0 radical (unpaired) electrons. The molecule has 9 heteroatoms. The van der Waals surface area contributed by atoms with Crippen LogP contribution in [0, 0.1) is 11.8 Å². The van der Waals surface area contributed by atoms with Gasteiger partial charge in [-0.15, -0.1) is 0 Å². The van der Waals surface area contributed by atoms with Gasteiger partial charge in [-0.1, -0.05) is 75.7 Å². The van der Waals surface area contributed by atoms with E-state index in [0.717, 1.165) is 76.1 Å². The van der Waals surface area contributed by atoms with Gasteiger partial charge < -0.3 is 24.6 Å². The standard InChI is InChI=1S/C33H49N5O4/c1-5-26(6-2)31(24-39)38(25(3)33(34-4)30-21-27-11-7-8-12-28(27)22-30)23-29-13-9-10-14-32(29)41-36-42-35-15-16-37-17-19-40-20-18-37/h7-14,24,26,30-31,33-36H,3,5-6,15-23H2,1-2,4H3. The van der Waals surface area contributed by atoms with Crippen molar-refractivity contribution in [2.45, 2.75) is 58.2 Å². The Bertz CT molecular complexity index is 1100. The van der Waals surface area contributed by atoms with Gasteiger partial charge >= 0.3 is 0 Å². The van der Waals surface area contributed by atoms with Crippen molar-refractivity contribution in [3.05, 3.63) is 77.5 Å². The van der Waals surface area contributed by atoms with E-state index in [2.05, 4.69) is 70.9 Å². The summed E-state index contributed by atoms with van der Waals surface area (Å²) in [5, 5.41) is 3.55. The monoisotopic (exact) mass is 579 g/mol. The molecule has 1 saturated heterocycles. The molecule has 42 heavy (non-hydrogen) atoms. The van der Waals surface area contributed by atoms with E-state index in [9.17, 15) is 4.79 Å². The molecule has 2 unspecified atom stereocenters. The van der Waals surface area contributed by atoms with Gasteiger partial charge in [0.2, 0.25) is 0 Å². The molecule has 0 spiro atoms. The summed E-state index contributed by atoms with van der Waals surface area (Å²) in [5.74, 6) is 1.21. The summed E-state index contributed by atoms with van der Waals surface area (Å²) in [4.78, 5) is 28.4. The Kier molecular flexibility index (Phi) is 12.8. The van der Waals surface area contributed by atoms with Gasteiger partial charge in [-0.05, 0) is 54.6 Å². The van der Waals surface area contributed by atoms with Crippen molar-refractivity contribution in [3.63, 3.8) is 0 Å². The normalized spacial score (nSPS) is 17.1. The van der Waals surface area contributed by atoms with E-state index in [-0.39, 0.29) is 18.0 Å². The fraction of sp³-hybridized carbons (Fsp3) is 0.545. The van der Waals surface area contributed by atoms with Crippen LogP contribution in [0.4, 0.5) is 0 Å². The zero-order valence-electron chi connectivity index (χ0n) is 25.5. The van der Waals surface area contributed by atoms with Crippen LogP contribution in [0.2, 0.25) is 0 Å². The maximum Gasteiger partial charge on any atom is 0.155 e. The zero-order chi connectivity index (χ0) is 29.7. The van der Waals surface area contributed by atoms with Crippen molar-refractivity contribution >= 4 is 6.29 Å². The second kappa shape index (κ2) is 16.7. The van der Waals surface area contributed by atoms with Crippen LogP contribution in [0.1, 0.15) is 43.4 Å². The molecule has 1 aliphatic heterocycles. The van der Waals surface area contributed by atoms with Gasteiger partial charge in [0.25, 0.3) is 0 Å². The fourth-order valence-corrected chi connectivity index (χ4v) is 6.38. The predicted octanol–water partition coefficient (Wildman–Crippen LogP) is 3.66. The zero-order valence-corrected chi connectivity index (χ0v) is 25.5. The van der Waals surface area contributed by atoms with Gasteiger partial charge in [0.1, 0.15) is 6.29 Å². The number of fused-ring (bicyclic) bond motifs is 1. The summed E-state index contributed by atoms with van der Waals surface area (Å²) in [5.41, 5.74) is 10.2. The number of para-hydroxylation sites is 1. The molecule has 9 nitrogen and oxygen atoms in total. The summed E-state index contributed by atoms with van der Waals surface area (Å²) >= 11 is 0. The van der Waals surface area contributed by atoms with Gasteiger partial charge in [0.15, 0.2) is 5.75 Å². The highest BCUT2D eigenvalue weighted by Crippen LogP contribution is 2.34. The first-order valence-electron chi connectivity index (χ1n) is 15.4. The minimum absolute atomic E-state index is 0.0272. The number of hydroxylamine groups is 1. The molecule has 2 aromatic rings. The Labute approximate surface area is 251 Å². The molecule has 0 aromatic heterocycles. The molecule has 2 atom stereocenters. The van der Waals surface area contributed by atoms with Crippen LogP contribution in [0.3, 0.4) is 0 Å². The largest absolute Gasteiger partial charge is 0.381 e. The lowest BCUT2D eigenvalue weighted by Gasteiger charge is -2.40. The first-order chi connectivity index (χ1) is 20.6. The number of ether oxygens (including phenoxy) is 1. The van der Waals surface area contributed by atoms with Crippen molar-refractivity contribution in [2.75, 3.05) is 46.4 Å². The number of nitrogens with one attached hydrogen (secondary N) is 3. The predicted molar refractivity (Wildman–Crippen MR) is 165 cm³/mol. The van der Waals surface area contributed by atoms with Crippen LogP contribution in [0.5, 0.6) is 5.75 Å². The Balaban J connectivity index is 1.44. The molecule has 0 saturated carbocycles. The maximum absolute atomic E-state index is 12.7. The van der Waals surface area contributed by atoms with Crippen molar-refractivity contribution in [2.24, 2.45) is 11.8 Å². The SMILES string of the molecule is C=C(C(NC)C1Cc2ccccc2C1)N(Cc1ccccc1ONONCCN1CCOCC1)C(C=O)C(CC)CC. The van der Waals surface area contributed by atoms with E-state index >= 15 is 0 Å². The van der Waals surface area contributed by atoms with Crippen LogP contribution >= 0.6 is 0 Å². The second-order valence-corrected chi connectivity index (χ2v) is 11.3. The number of morpholine rings is 1. The molecule has 2 aromatic carbocycles. The lowest BCUT2D eigenvalue weighted by Crippen LogP contribution is -2.48. The van der Waals surface area contributed by atoms with E-state index in [1.165, 1.54) is 11.1 Å². The van der Waals surface area contributed by atoms with Crippen LogP contribution < -0.4 is 21.3 Å². The highest BCUT2D eigenvalue weighted by atomic mass is 17.0.